The predicted octanol–water partition coefficient (Wildman–Crippen LogP) is 0.0984. The zero-order valence-corrected chi connectivity index (χ0v) is 11.0. The Morgan fingerprint density at radius 3 is 2.72 bits per heavy atom. The van der Waals surface area contributed by atoms with Crippen LogP contribution in [0.2, 0.25) is 0 Å². The van der Waals surface area contributed by atoms with Crippen LogP contribution in [0.1, 0.15) is 32.6 Å². The third-order valence-corrected chi connectivity index (χ3v) is 4.04. The normalized spacial score (nSPS) is 26.6. The van der Waals surface area contributed by atoms with Gasteiger partial charge in [0.2, 0.25) is 11.8 Å². The van der Waals surface area contributed by atoms with Gasteiger partial charge in [0.15, 0.2) is 0 Å². The van der Waals surface area contributed by atoms with Gasteiger partial charge in [0.1, 0.15) is 0 Å². The van der Waals surface area contributed by atoms with Crippen LogP contribution in [0.25, 0.3) is 0 Å². The van der Waals surface area contributed by atoms with Gasteiger partial charge >= 0.3 is 0 Å². The number of amides is 2. The number of carbonyl (C=O) groups excluding carboxylic acids is 2. The van der Waals surface area contributed by atoms with Crippen molar-refractivity contribution >= 4 is 11.8 Å². The van der Waals surface area contributed by atoms with Crippen LogP contribution in [0.15, 0.2) is 0 Å². The zero-order chi connectivity index (χ0) is 13.1. The Bertz CT molecular complexity index is 328. The molecule has 0 radical (unpaired) electrons. The van der Waals surface area contributed by atoms with Crippen molar-refractivity contribution in [1.29, 1.82) is 0 Å². The van der Waals surface area contributed by atoms with Crippen molar-refractivity contribution in [3.05, 3.63) is 0 Å². The van der Waals surface area contributed by atoms with Crippen molar-refractivity contribution in [3.63, 3.8) is 0 Å². The fourth-order valence-corrected chi connectivity index (χ4v) is 2.46. The Kier molecular flexibility index (Phi) is 4.22. The van der Waals surface area contributed by atoms with E-state index in [-0.39, 0.29) is 23.8 Å². The van der Waals surface area contributed by atoms with Gasteiger partial charge in [0.05, 0.1) is 12.0 Å². The SMILES string of the molecule is C[C@H](C(N)=O)N1CCC[C@@H](C(=O)NCC2CC2)C1. The van der Waals surface area contributed by atoms with E-state index in [9.17, 15) is 9.59 Å². The lowest BCUT2D eigenvalue weighted by Gasteiger charge is -2.34. The minimum atomic E-state index is -0.311. The number of primary amides is 1. The van der Waals surface area contributed by atoms with E-state index in [4.69, 9.17) is 5.73 Å². The summed E-state index contributed by atoms with van der Waals surface area (Å²) in [7, 11) is 0. The number of nitrogens with zero attached hydrogens (tertiary/aromatic N) is 1. The molecule has 2 amide bonds. The first-order valence-electron chi connectivity index (χ1n) is 6.89. The van der Waals surface area contributed by atoms with Gasteiger partial charge < -0.3 is 11.1 Å². The molecule has 2 rings (SSSR count). The van der Waals surface area contributed by atoms with E-state index in [1.54, 1.807) is 0 Å². The maximum absolute atomic E-state index is 12.0. The van der Waals surface area contributed by atoms with Crippen LogP contribution in [0.4, 0.5) is 0 Å². The van der Waals surface area contributed by atoms with Gasteiger partial charge in [0.25, 0.3) is 0 Å². The largest absolute Gasteiger partial charge is 0.368 e. The third-order valence-electron chi connectivity index (χ3n) is 4.04. The maximum atomic E-state index is 12.0. The summed E-state index contributed by atoms with van der Waals surface area (Å²) in [6.45, 7) is 4.14. The highest BCUT2D eigenvalue weighted by Gasteiger charge is 2.30. The average Bonchev–Trinajstić information content (AvgIpc) is 3.19. The molecule has 102 valence electrons. The Hall–Kier alpha value is -1.10. The molecule has 1 saturated carbocycles. The molecular formula is C13H23N3O2. The second kappa shape index (κ2) is 5.69. The second-order valence-electron chi connectivity index (χ2n) is 5.60. The summed E-state index contributed by atoms with van der Waals surface area (Å²) < 4.78 is 0. The van der Waals surface area contributed by atoms with Crippen molar-refractivity contribution < 1.29 is 9.59 Å². The summed E-state index contributed by atoms with van der Waals surface area (Å²) in [4.78, 5) is 25.2. The number of nitrogens with one attached hydrogen (secondary N) is 1. The van der Waals surface area contributed by atoms with Crippen LogP contribution in [0.3, 0.4) is 0 Å². The van der Waals surface area contributed by atoms with E-state index in [0.29, 0.717) is 12.5 Å². The van der Waals surface area contributed by atoms with Crippen molar-refractivity contribution in [2.45, 2.75) is 38.6 Å². The lowest BCUT2D eigenvalue weighted by Crippen LogP contribution is -2.50. The smallest absolute Gasteiger partial charge is 0.234 e. The molecule has 5 heteroatoms. The molecule has 0 aromatic heterocycles. The lowest BCUT2D eigenvalue weighted by atomic mass is 9.96. The number of hydrogen-bond acceptors (Lipinski definition) is 3. The van der Waals surface area contributed by atoms with Gasteiger partial charge in [0, 0.05) is 13.1 Å². The molecule has 1 saturated heterocycles. The van der Waals surface area contributed by atoms with Gasteiger partial charge in [-0.1, -0.05) is 0 Å². The molecular weight excluding hydrogens is 230 g/mol. The highest BCUT2D eigenvalue weighted by Crippen LogP contribution is 2.28. The minimum Gasteiger partial charge on any atom is -0.368 e. The number of carbonyl (C=O) groups is 2. The lowest BCUT2D eigenvalue weighted by molar-refractivity contribution is -0.130. The highest BCUT2D eigenvalue weighted by atomic mass is 16.2. The average molecular weight is 253 g/mol. The van der Waals surface area contributed by atoms with Gasteiger partial charge in [-0.3, -0.25) is 14.5 Å². The van der Waals surface area contributed by atoms with Gasteiger partial charge in [-0.25, -0.2) is 0 Å². The molecule has 0 aromatic rings. The molecule has 2 atom stereocenters. The third kappa shape index (κ3) is 3.45. The molecule has 18 heavy (non-hydrogen) atoms. The van der Waals surface area contributed by atoms with Crippen molar-refractivity contribution in [2.75, 3.05) is 19.6 Å². The summed E-state index contributed by atoms with van der Waals surface area (Å²) in [5, 5.41) is 3.02. The fourth-order valence-electron chi connectivity index (χ4n) is 2.46. The summed E-state index contributed by atoms with van der Waals surface area (Å²) in [5.74, 6) is 0.551. The second-order valence-corrected chi connectivity index (χ2v) is 5.60. The molecule has 0 bridgehead atoms. The van der Waals surface area contributed by atoms with E-state index in [1.165, 1.54) is 12.8 Å². The first-order chi connectivity index (χ1) is 8.58. The van der Waals surface area contributed by atoms with Crippen LogP contribution in [0.5, 0.6) is 0 Å². The monoisotopic (exact) mass is 253 g/mol. The van der Waals surface area contributed by atoms with Crippen LogP contribution in [-0.2, 0) is 9.59 Å². The Morgan fingerprint density at radius 2 is 2.11 bits per heavy atom. The van der Waals surface area contributed by atoms with E-state index in [2.05, 4.69) is 5.32 Å². The molecule has 5 nitrogen and oxygen atoms in total. The summed E-state index contributed by atoms with van der Waals surface area (Å²) in [5.41, 5.74) is 5.31. The van der Waals surface area contributed by atoms with E-state index < -0.39 is 0 Å². The first kappa shape index (κ1) is 13.3. The van der Waals surface area contributed by atoms with Crippen LogP contribution < -0.4 is 11.1 Å². The summed E-state index contributed by atoms with van der Waals surface area (Å²) in [6, 6.07) is -0.274. The molecule has 1 aliphatic heterocycles. The van der Waals surface area contributed by atoms with Gasteiger partial charge in [-0.15, -0.1) is 0 Å². The molecule has 0 aromatic carbocycles. The number of piperidine rings is 1. The molecule has 2 fully saturated rings. The summed E-state index contributed by atoms with van der Waals surface area (Å²) in [6.07, 6.45) is 4.36. The Balaban J connectivity index is 1.81. The Morgan fingerprint density at radius 1 is 1.39 bits per heavy atom. The maximum Gasteiger partial charge on any atom is 0.234 e. The quantitative estimate of drug-likeness (QED) is 0.729. The van der Waals surface area contributed by atoms with Crippen LogP contribution in [-0.4, -0.2) is 42.4 Å². The van der Waals surface area contributed by atoms with E-state index >= 15 is 0 Å². The van der Waals surface area contributed by atoms with Crippen molar-refractivity contribution in [2.24, 2.45) is 17.6 Å². The molecule has 3 N–H and O–H groups in total. The van der Waals surface area contributed by atoms with Crippen LogP contribution in [0, 0.1) is 11.8 Å². The van der Waals surface area contributed by atoms with E-state index in [1.807, 2.05) is 11.8 Å². The Labute approximate surface area is 108 Å². The van der Waals surface area contributed by atoms with Crippen LogP contribution >= 0.6 is 0 Å². The molecule has 0 spiro atoms. The van der Waals surface area contributed by atoms with Crippen molar-refractivity contribution in [3.8, 4) is 0 Å². The number of rotatable bonds is 5. The zero-order valence-electron chi connectivity index (χ0n) is 11.0. The molecule has 1 aliphatic carbocycles. The number of likely N-dealkylation sites (tertiary alicyclic amines) is 1. The summed E-state index contributed by atoms with van der Waals surface area (Å²) >= 11 is 0. The number of nitrogens with two attached hydrogens (primary N) is 1. The predicted molar refractivity (Wildman–Crippen MR) is 68.7 cm³/mol. The molecule has 1 heterocycles. The highest BCUT2D eigenvalue weighted by molar-refractivity contribution is 5.80. The fraction of sp³-hybridized carbons (Fsp3) is 0.846. The topological polar surface area (TPSA) is 75.4 Å². The standard InChI is InChI=1S/C13H23N3O2/c1-9(12(14)17)16-6-2-3-11(8-16)13(18)15-7-10-4-5-10/h9-11H,2-8H2,1H3,(H2,14,17)(H,15,18)/t9-,11-/m1/s1. The van der Waals surface area contributed by atoms with Gasteiger partial charge in [-0.2, -0.15) is 0 Å². The molecule has 2 aliphatic rings. The van der Waals surface area contributed by atoms with Gasteiger partial charge in [-0.05, 0) is 45.1 Å². The van der Waals surface area contributed by atoms with Crippen molar-refractivity contribution in [1.82, 2.24) is 10.2 Å². The van der Waals surface area contributed by atoms with E-state index in [0.717, 1.165) is 25.9 Å². The molecule has 0 unspecified atom stereocenters. The first-order valence-corrected chi connectivity index (χ1v) is 6.89. The minimum absolute atomic E-state index is 0.0132. The number of hydrogen-bond donors (Lipinski definition) is 2.